The summed E-state index contributed by atoms with van der Waals surface area (Å²) in [6.45, 7) is 9.06. The molecule has 2 heterocycles. The van der Waals surface area contributed by atoms with Gasteiger partial charge in [0.1, 0.15) is 10.8 Å². The molecule has 0 spiro atoms. The molecule has 8 heteroatoms. The second-order valence-electron chi connectivity index (χ2n) is 11.3. The van der Waals surface area contributed by atoms with Gasteiger partial charge in [-0.05, 0) is 56.4 Å². The molecule has 0 atom stereocenters. The maximum absolute atomic E-state index is 12.4. The van der Waals surface area contributed by atoms with Crippen LogP contribution in [0, 0.1) is 5.92 Å². The van der Waals surface area contributed by atoms with Gasteiger partial charge in [0.2, 0.25) is 0 Å². The van der Waals surface area contributed by atoms with E-state index in [1.807, 2.05) is 24.3 Å². The number of ether oxygens (including phenoxy) is 2. The number of hydrogen-bond donors (Lipinski definition) is 1. The Labute approximate surface area is 225 Å². The molecule has 4 rings (SSSR count). The first-order valence-corrected chi connectivity index (χ1v) is 14.2. The summed E-state index contributed by atoms with van der Waals surface area (Å²) in [6, 6.07) is 7.84. The number of nitrogens with one attached hydrogen (secondary N) is 1. The van der Waals surface area contributed by atoms with Gasteiger partial charge in [0, 0.05) is 11.0 Å². The third kappa shape index (κ3) is 7.07. The molecule has 1 aromatic carbocycles. The summed E-state index contributed by atoms with van der Waals surface area (Å²) in [7, 11) is 0. The molecule has 0 radical (unpaired) electrons. The minimum atomic E-state index is -0.119. The van der Waals surface area contributed by atoms with Crippen LogP contribution in [0.15, 0.2) is 24.3 Å². The molecule has 0 saturated heterocycles. The third-order valence-electron chi connectivity index (χ3n) is 7.16. The van der Waals surface area contributed by atoms with Crippen molar-refractivity contribution in [1.29, 1.82) is 0 Å². The number of benzene rings is 1. The number of carbonyl (C=O) groups is 1. The van der Waals surface area contributed by atoms with Crippen LogP contribution in [-0.2, 0) is 14.9 Å². The van der Waals surface area contributed by atoms with Gasteiger partial charge in [-0.1, -0.05) is 71.4 Å². The monoisotopic (exact) mass is 528 g/mol. The lowest BCUT2D eigenvalue weighted by atomic mass is 9.87. The third-order valence-corrected chi connectivity index (χ3v) is 7.51. The van der Waals surface area contributed by atoms with E-state index in [2.05, 4.69) is 42.9 Å². The van der Waals surface area contributed by atoms with Crippen molar-refractivity contribution in [2.24, 2.45) is 5.92 Å². The van der Waals surface area contributed by atoms with Crippen LogP contribution in [0.1, 0.15) is 97.6 Å². The van der Waals surface area contributed by atoms with Crippen molar-refractivity contribution in [3.8, 4) is 17.1 Å². The molecule has 2 aromatic heterocycles. The van der Waals surface area contributed by atoms with Crippen molar-refractivity contribution < 1.29 is 14.3 Å². The van der Waals surface area contributed by atoms with Crippen LogP contribution >= 0.6 is 11.6 Å². The summed E-state index contributed by atoms with van der Waals surface area (Å²) in [5.74, 6) is 1.40. The number of esters is 1. The molecule has 1 fully saturated rings. The van der Waals surface area contributed by atoms with Crippen molar-refractivity contribution in [2.75, 3.05) is 6.61 Å². The predicted octanol–water partition coefficient (Wildman–Crippen LogP) is 7.52. The zero-order valence-corrected chi connectivity index (χ0v) is 23.4. The number of hydrogen-bond acceptors (Lipinski definition) is 5. The number of unbranched alkanes of at least 4 members (excludes halogenated alkanes) is 5. The van der Waals surface area contributed by atoms with Crippen molar-refractivity contribution in [1.82, 2.24) is 19.8 Å². The summed E-state index contributed by atoms with van der Waals surface area (Å²) in [5, 5.41) is 8.42. The van der Waals surface area contributed by atoms with E-state index in [0.29, 0.717) is 23.1 Å². The largest absolute Gasteiger partial charge is 0.490 e. The highest BCUT2D eigenvalue weighted by Gasteiger charge is 2.28. The van der Waals surface area contributed by atoms with Crippen LogP contribution in [0.5, 0.6) is 5.75 Å². The first-order valence-electron chi connectivity index (χ1n) is 13.8. The molecule has 0 amide bonds. The topological polar surface area (TPSA) is 81.5 Å². The second-order valence-corrected chi connectivity index (χ2v) is 11.7. The van der Waals surface area contributed by atoms with E-state index in [9.17, 15) is 4.79 Å². The van der Waals surface area contributed by atoms with Gasteiger partial charge < -0.3 is 9.47 Å². The highest BCUT2D eigenvalue weighted by Crippen LogP contribution is 2.33. The average Bonchev–Trinajstić information content (AvgIpc) is 3.43. The summed E-state index contributed by atoms with van der Waals surface area (Å²) in [4.78, 5) is 17.1. The Hall–Kier alpha value is -2.54. The minimum absolute atomic E-state index is 0.00420. The average molecular weight is 529 g/mol. The molecular formula is C29H41ClN4O3. The molecule has 1 N–H and O–H groups in total. The van der Waals surface area contributed by atoms with Gasteiger partial charge in [0.05, 0.1) is 24.3 Å². The minimum Gasteiger partial charge on any atom is -0.490 e. The Morgan fingerprint density at radius 3 is 2.38 bits per heavy atom. The van der Waals surface area contributed by atoms with E-state index < -0.39 is 0 Å². The van der Waals surface area contributed by atoms with Crippen molar-refractivity contribution in [2.45, 2.75) is 103 Å². The van der Waals surface area contributed by atoms with Crippen molar-refractivity contribution in [3.63, 3.8) is 0 Å². The maximum Gasteiger partial charge on any atom is 0.308 e. The number of aromatic nitrogens is 4. The molecule has 202 valence electrons. The molecular weight excluding hydrogens is 488 g/mol. The lowest BCUT2D eigenvalue weighted by Crippen LogP contribution is -2.29. The van der Waals surface area contributed by atoms with Crippen LogP contribution in [0.2, 0.25) is 5.02 Å². The molecule has 1 aliphatic carbocycles. The standard InChI is InChI=1S/C29H41ClN4O3/c1-5-6-7-8-9-10-19-36-28(35)21-13-17-23(18-14-21)37-22-15-11-20(12-16-22)26-31-27-24(30)25(29(2,3)4)32-34(27)33-26/h11-12,15-16,21,23,32H,5-10,13-14,17-19H2,1-4H3. The van der Waals surface area contributed by atoms with Crippen molar-refractivity contribution >= 4 is 23.2 Å². The van der Waals surface area contributed by atoms with E-state index in [4.69, 9.17) is 21.1 Å². The van der Waals surface area contributed by atoms with E-state index in [0.717, 1.165) is 55.5 Å². The first kappa shape index (κ1) is 27.5. The fourth-order valence-corrected chi connectivity index (χ4v) is 5.33. The highest BCUT2D eigenvalue weighted by atomic mass is 35.5. The smallest absolute Gasteiger partial charge is 0.308 e. The predicted molar refractivity (Wildman–Crippen MR) is 147 cm³/mol. The second kappa shape index (κ2) is 12.3. The Morgan fingerprint density at radius 2 is 1.73 bits per heavy atom. The molecule has 7 nitrogen and oxygen atoms in total. The van der Waals surface area contributed by atoms with Crippen LogP contribution in [0.3, 0.4) is 0 Å². The molecule has 0 bridgehead atoms. The Balaban J connectivity index is 1.23. The highest BCUT2D eigenvalue weighted by molar-refractivity contribution is 6.34. The Kier molecular flexibility index (Phi) is 9.17. The van der Waals surface area contributed by atoms with E-state index in [-0.39, 0.29) is 23.4 Å². The number of nitrogens with zero attached hydrogens (tertiary/aromatic N) is 3. The molecule has 37 heavy (non-hydrogen) atoms. The van der Waals surface area contributed by atoms with Gasteiger partial charge in [0.15, 0.2) is 11.5 Å². The van der Waals surface area contributed by atoms with Crippen molar-refractivity contribution in [3.05, 3.63) is 35.0 Å². The van der Waals surface area contributed by atoms with E-state index >= 15 is 0 Å². The number of carbonyl (C=O) groups excluding carboxylic acids is 1. The number of aromatic amines is 1. The van der Waals surface area contributed by atoms with Gasteiger partial charge >= 0.3 is 5.97 Å². The van der Waals surface area contributed by atoms with Gasteiger partial charge in [-0.2, -0.15) is 4.63 Å². The van der Waals surface area contributed by atoms with Gasteiger partial charge in [-0.15, -0.1) is 5.10 Å². The van der Waals surface area contributed by atoms with Gasteiger partial charge in [-0.25, -0.2) is 4.98 Å². The quantitative estimate of drug-likeness (QED) is 0.205. The molecule has 1 saturated carbocycles. The van der Waals surface area contributed by atoms with Gasteiger partial charge in [0.25, 0.3) is 0 Å². The zero-order valence-electron chi connectivity index (χ0n) is 22.7. The van der Waals surface area contributed by atoms with E-state index in [1.165, 1.54) is 25.7 Å². The normalized spacial score (nSPS) is 18.3. The van der Waals surface area contributed by atoms with Crippen LogP contribution in [0.4, 0.5) is 0 Å². The van der Waals surface area contributed by atoms with Crippen LogP contribution in [0.25, 0.3) is 17.0 Å². The molecule has 1 aliphatic rings. The number of H-pyrrole nitrogens is 1. The van der Waals surface area contributed by atoms with E-state index in [1.54, 1.807) is 4.63 Å². The summed E-state index contributed by atoms with van der Waals surface area (Å²) in [5.41, 5.74) is 2.32. The molecule has 3 aromatic rings. The summed E-state index contributed by atoms with van der Waals surface area (Å²) < 4.78 is 13.4. The molecule has 0 unspecified atom stereocenters. The Morgan fingerprint density at radius 1 is 1.05 bits per heavy atom. The molecule has 0 aliphatic heterocycles. The first-order chi connectivity index (χ1) is 17.8. The maximum atomic E-state index is 12.4. The SMILES string of the molecule is CCCCCCCCOC(=O)C1CCC(Oc2ccc(-c3nc4c(Cl)c(C(C)(C)C)[nH]n4n3)cc2)CC1. The lowest BCUT2D eigenvalue weighted by molar-refractivity contribution is -0.150. The lowest BCUT2D eigenvalue weighted by Gasteiger charge is -2.27. The van der Waals surface area contributed by atoms with Crippen LogP contribution < -0.4 is 4.74 Å². The van der Waals surface area contributed by atoms with Crippen LogP contribution in [-0.4, -0.2) is 38.5 Å². The number of rotatable bonds is 11. The fourth-order valence-electron chi connectivity index (χ4n) is 4.88. The number of fused-ring (bicyclic) bond motifs is 1. The summed E-state index contributed by atoms with van der Waals surface area (Å²) >= 11 is 6.56. The fraction of sp³-hybridized carbons (Fsp3) is 0.621. The van der Waals surface area contributed by atoms with Gasteiger partial charge in [-0.3, -0.25) is 9.89 Å². The number of halogens is 1. The Bertz CT molecular complexity index is 1150. The zero-order chi connectivity index (χ0) is 26.4. The summed E-state index contributed by atoms with van der Waals surface area (Å²) in [6.07, 6.45) is 10.7.